The Morgan fingerprint density at radius 2 is 2.11 bits per heavy atom. The highest BCUT2D eigenvalue weighted by Gasteiger charge is 2.13. The Morgan fingerprint density at radius 1 is 1.37 bits per heavy atom. The van der Waals surface area contributed by atoms with Crippen LogP contribution in [0.25, 0.3) is 0 Å². The number of nitrogens with one attached hydrogen (secondary N) is 1. The van der Waals surface area contributed by atoms with Crippen LogP contribution < -0.4 is 11.1 Å². The summed E-state index contributed by atoms with van der Waals surface area (Å²) in [4.78, 5) is 16.1. The fraction of sp³-hybridized carbons (Fsp3) is 0. The van der Waals surface area contributed by atoms with E-state index in [-0.39, 0.29) is 21.6 Å². The molecule has 0 unspecified atom stereocenters. The van der Waals surface area contributed by atoms with Crippen LogP contribution in [-0.2, 0) is 0 Å². The molecule has 19 heavy (non-hydrogen) atoms. The average molecular weight is 361 g/mol. The molecule has 0 aliphatic carbocycles. The molecule has 0 atom stereocenters. The van der Waals surface area contributed by atoms with Gasteiger partial charge in [-0.2, -0.15) is 0 Å². The minimum absolute atomic E-state index is 0.229. The van der Waals surface area contributed by atoms with Crippen molar-refractivity contribution in [2.75, 3.05) is 11.1 Å². The van der Waals surface area contributed by atoms with Gasteiger partial charge < -0.3 is 11.1 Å². The molecule has 2 aromatic rings. The first-order chi connectivity index (χ1) is 8.99. The van der Waals surface area contributed by atoms with E-state index >= 15 is 0 Å². The molecule has 1 aromatic carbocycles. The fourth-order valence-electron chi connectivity index (χ4n) is 1.40. The van der Waals surface area contributed by atoms with E-state index in [1.54, 1.807) is 18.3 Å². The third-order valence-electron chi connectivity index (χ3n) is 2.31. The smallest absolute Gasteiger partial charge is 0.256 e. The monoisotopic (exact) mass is 359 g/mol. The number of halogens is 3. The van der Waals surface area contributed by atoms with Gasteiger partial charge in [-0.3, -0.25) is 4.79 Å². The van der Waals surface area contributed by atoms with Crippen LogP contribution in [0.2, 0.25) is 10.0 Å². The number of amides is 1. The van der Waals surface area contributed by atoms with E-state index in [2.05, 4.69) is 26.2 Å². The standard InChI is InChI=1S/C12H8BrCl2N3O/c13-7-2-1-3-17-11(7)18-12(19)6-4-8(14)10(15)9(16)5-6/h1-5H,16H2,(H,17,18,19). The first-order valence-corrected chi connectivity index (χ1v) is 6.70. The van der Waals surface area contributed by atoms with Gasteiger partial charge in [-0.1, -0.05) is 23.2 Å². The molecule has 1 heterocycles. The quantitative estimate of drug-likeness (QED) is 0.795. The summed E-state index contributed by atoms with van der Waals surface area (Å²) in [5.74, 6) is 0.0433. The highest BCUT2D eigenvalue weighted by atomic mass is 79.9. The number of pyridine rings is 1. The van der Waals surface area contributed by atoms with E-state index < -0.39 is 0 Å². The number of nitrogens with zero attached hydrogens (tertiary/aromatic N) is 1. The molecule has 0 radical (unpaired) electrons. The number of carbonyl (C=O) groups is 1. The van der Waals surface area contributed by atoms with Gasteiger partial charge in [-0.15, -0.1) is 0 Å². The van der Waals surface area contributed by atoms with Gasteiger partial charge in [-0.25, -0.2) is 4.98 Å². The van der Waals surface area contributed by atoms with Crippen LogP contribution in [0.15, 0.2) is 34.9 Å². The second kappa shape index (κ2) is 5.77. The van der Waals surface area contributed by atoms with Crippen LogP contribution in [0.1, 0.15) is 10.4 Å². The molecule has 98 valence electrons. The average Bonchev–Trinajstić information content (AvgIpc) is 2.38. The van der Waals surface area contributed by atoms with Crippen molar-refractivity contribution in [1.82, 2.24) is 4.98 Å². The molecule has 1 aromatic heterocycles. The van der Waals surface area contributed by atoms with E-state index in [4.69, 9.17) is 28.9 Å². The molecule has 0 saturated heterocycles. The van der Waals surface area contributed by atoms with Crippen molar-refractivity contribution >= 4 is 56.5 Å². The summed E-state index contributed by atoms with van der Waals surface area (Å²) < 4.78 is 0.677. The van der Waals surface area contributed by atoms with Gasteiger partial charge in [-0.05, 0) is 40.2 Å². The largest absolute Gasteiger partial charge is 0.397 e. The van der Waals surface area contributed by atoms with E-state index in [9.17, 15) is 4.79 Å². The molecule has 0 bridgehead atoms. The summed E-state index contributed by atoms with van der Waals surface area (Å²) in [6, 6.07) is 6.43. The zero-order valence-corrected chi connectivity index (χ0v) is 12.6. The lowest BCUT2D eigenvalue weighted by Crippen LogP contribution is -2.13. The van der Waals surface area contributed by atoms with Gasteiger partial charge in [0.2, 0.25) is 0 Å². The van der Waals surface area contributed by atoms with Crippen molar-refractivity contribution < 1.29 is 4.79 Å². The van der Waals surface area contributed by atoms with Gasteiger partial charge >= 0.3 is 0 Å². The Hall–Kier alpha value is -1.30. The van der Waals surface area contributed by atoms with Crippen LogP contribution in [-0.4, -0.2) is 10.9 Å². The van der Waals surface area contributed by atoms with Crippen LogP contribution >= 0.6 is 39.1 Å². The highest BCUT2D eigenvalue weighted by Crippen LogP contribution is 2.30. The van der Waals surface area contributed by atoms with Gasteiger partial charge in [0.05, 0.1) is 20.2 Å². The van der Waals surface area contributed by atoms with E-state index in [1.807, 2.05) is 0 Å². The number of aromatic nitrogens is 1. The van der Waals surface area contributed by atoms with Crippen LogP contribution in [0.3, 0.4) is 0 Å². The predicted octanol–water partition coefficient (Wildman–Crippen LogP) is 3.99. The van der Waals surface area contributed by atoms with Crippen molar-refractivity contribution in [3.8, 4) is 0 Å². The molecule has 0 aliphatic rings. The van der Waals surface area contributed by atoms with Gasteiger partial charge in [0, 0.05) is 11.8 Å². The highest BCUT2D eigenvalue weighted by molar-refractivity contribution is 9.10. The molecule has 0 fully saturated rings. The predicted molar refractivity (Wildman–Crippen MR) is 80.8 cm³/mol. The maximum atomic E-state index is 12.1. The molecule has 7 heteroatoms. The molecule has 4 nitrogen and oxygen atoms in total. The summed E-state index contributed by atoms with van der Waals surface area (Å²) in [7, 11) is 0. The van der Waals surface area contributed by atoms with Crippen molar-refractivity contribution in [3.63, 3.8) is 0 Å². The van der Waals surface area contributed by atoms with Gasteiger partial charge in [0.25, 0.3) is 5.91 Å². The third kappa shape index (κ3) is 3.18. The van der Waals surface area contributed by atoms with Crippen molar-refractivity contribution in [1.29, 1.82) is 0 Å². The van der Waals surface area contributed by atoms with Gasteiger partial charge in [0.15, 0.2) is 0 Å². The van der Waals surface area contributed by atoms with E-state index in [1.165, 1.54) is 12.1 Å². The maximum absolute atomic E-state index is 12.1. The Kier molecular flexibility index (Phi) is 4.29. The fourth-order valence-corrected chi connectivity index (χ4v) is 2.09. The zero-order chi connectivity index (χ0) is 14.0. The number of nitrogens with two attached hydrogens (primary N) is 1. The number of hydrogen-bond donors (Lipinski definition) is 2. The zero-order valence-electron chi connectivity index (χ0n) is 9.45. The lowest BCUT2D eigenvalue weighted by Gasteiger charge is -2.08. The number of hydrogen-bond acceptors (Lipinski definition) is 3. The third-order valence-corrected chi connectivity index (χ3v) is 3.77. The Morgan fingerprint density at radius 3 is 2.74 bits per heavy atom. The van der Waals surface area contributed by atoms with Crippen molar-refractivity contribution in [3.05, 3.63) is 50.5 Å². The number of anilines is 2. The Balaban J connectivity index is 2.28. The van der Waals surface area contributed by atoms with Crippen LogP contribution in [0, 0.1) is 0 Å². The number of carbonyl (C=O) groups excluding carboxylic acids is 1. The molecule has 3 N–H and O–H groups in total. The first kappa shape index (κ1) is 14.1. The molecule has 0 spiro atoms. The number of nitrogen functional groups attached to an aromatic ring is 1. The van der Waals surface area contributed by atoms with Gasteiger partial charge in [0.1, 0.15) is 5.82 Å². The first-order valence-electron chi connectivity index (χ1n) is 5.15. The number of benzene rings is 1. The molecular formula is C12H8BrCl2N3O. The maximum Gasteiger partial charge on any atom is 0.256 e. The lowest BCUT2D eigenvalue weighted by molar-refractivity contribution is 0.102. The van der Waals surface area contributed by atoms with E-state index in [0.29, 0.717) is 15.9 Å². The topological polar surface area (TPSA) is 68.0 Å². The molecule has 0 aliphatic heterocycles. The second-order valence-electron chi connectivity index (χ2n) is 3.65. The van der Waals surface area contributed by atoms with Crippen molar-refractivity contribution in [2.45, 2.75) is 0 Å². The SMILES string of the molecule is Nc1cc(C(=O)Nc2ncccc2Br)cc(Cl)c1Cl. The minimum Gasteiger partial charge on any atom is -0.397 e. The molecule has 1 amide bonds. The number of rotatable bonds is 2. The van der Waals surface area contributed by atoms with Crippen molar-refractivity contribution in [2.24, 2.45) is 0 Å². The lowest BCUT2D eigenvalue weighted by atomic mass is 10.2. The summed E-state index contributed by atoms with van der Waals surface area (Å²) in [5.41, 5.74) is 6.22. The Bertz CT molecular complexity index is 626. The molecule has 0 saturated carbocycles. The molecule has 2 rings (SSSR count). The minimum atomic E-state index is -0.371. The van der Waals surface area contributed by atoms with E-state index in [0.717, 1.165) is 0 Å². The summed E-state index contributed by atoms with van der Waals surface area (Å²) >= 11 is 15.0. The molecular weight excluding hydrogens is 353 g/mol. The van der Waals surface area contributed by atoms with Crippen LogP contribution in [0.4, 0.5) is 11.5 Å². The van der Waals surface area contributed by atoms with Crippen LogP contribution in [0.5, 0.6) is 0 Å². The summed E-state index contributed by atoms with van der Waals surface area (Å²) in [6.07, 6.45) is 1.57. The Labute approximate surface area is 128 Å². The second-order valence-corrected chi connectivity index (χ2v) is 5.29. The summed E-state index contributed by atoms with van der Waals surface area (Å²) in [5, 5.41) is 3.11. The summed E-state index contributed by atoms with van der Waals surface area (Å²) in [6.45, 7) is 0. The normalized spacial score (nSPS) is 10.3.